The van der Waals surface area contributed by atoms with E-state index >= 15 is 0 Å². The highest BCUT2D eigenvalue weighted by atomic mass is 19.1. The van der Waals surface area contributed by atoms with Gasteiger partial charge in [-0.2, -0.15) is 0 Å². The number of hydrogen-bond donors (Lipinski definition) is 1. The molecular formula is C21H24FN3O. The summed E-state index contributed by atoms with van der Waals surface area (Å²) in [6.07, 6.45) is 1.94. The second-order valence-corrected chi connectivity index (χ2v) is 7.30. The van der Waals surface area contributed by atoms with E-state index < -0.39 is 0 Å². The number of nitrogens with zero attached hydrogens (tertiary/aromatic N) is 2. The van der Waals surface area contributed by atoms with Gasteiger partial charge in [0.05, 0.1) is 11.0 Å². The Morgan fingerprint density at radius 1 is 1.12 bits per heavy atom. The highest BCUT2D eigenvalue weighted by molar-refractivity contribution is 5.75. The number of rotatable bonds is 4. The van der Waals surface area contributed by atoms with Crippen LogP contribution in [0.4, 0.5) is 4.39 Å². The van der Waals surface area contributed by atoms with Gasteiger partial charge in [0.2, 0.25) is 0 Å². The van der Waals surface area contributed by atoms with Crippen LogP contribution < -0.4 is 5.69 Å². The van der Waals surface area contributed by atoms with Crippen LogP contribution in [0.15, 0.2) is 53.3 Å². The lowest BCUT2D eigenvalue weighted by atomic mass is 9.98. The molecule has 2 heterocycles. The number of benzene rings is 2. The van der Waals surface area contributed by atoms with Crippen molar-refractivity contribution in [3.63, 3.8) is 0 Å². The number of likely N-dealkylation sites (tertiary alicyclic amines) is 1. The molecule has 5 heteroatoms. The lowest BCUT2D eigenvalue weighted by molar-refractivity contribution is 0.179. The summed E-state index contributed by atoms with van der Waals surface area (Å²) in [4.78, 5) is 17.8. The fourth-order valence-corrected chi connectivity index (χ4v) is 4.08. The summed E-state index contributed by atoms with van der Waals surface area (Å²) in [6.45, 7) is 5.09. The Hall–Kier alpha value is -2.40. The summed E-state index contributed by atoms with van der Waals surface area (Å²) in [5.41, 5.74) is 3.06. The van der Waals surface area contributed by atoms with Crippen LogP contribution in [0.3, 0.4) is 0 Å². The predicted molar refractivity (Wildman–Crippen MR) is 102 cm³/mol. The van der Waals surface area contributed by atoms with Crippen LogP contribution in [0.1, 0.15) is 37.3 Å². The summed E-state index contributed by atoms with van der Waals surface area (Å²) < 4.78 is 15.0. The zero-order valence-electron chi connectivity index (χ0n) is 15.0. The highest BCUT2D eigenvalue weighted by Crippen LogP contribution is 2.26. The second-order valence-electron chi connectivity index (χ2n) is 7.30. The minimum atomic E-state index is -0.189. The Labute approximate surface area is 152 Å². The van der Waals surface area contributed by atoms with E-state index in [1.54, 1.807) is 0 Å². The first-order valence-corrected chi connectivity index (χ1v) is 9.29. The molecule has 1 N–H and O–H groups in total. The third-order valence-corrected chi connectivity index (χ3v) is 5.52. The van der Waals surface area contributed by atoms with Crippen molar-refractivity contribution in [2.24, 2.45) is 0 Å². The van der Waals surface area contributed by atoms with Crippen LogP contribution in [0.25, 0.3) is 11.0 Å². The fraction of sp³-hybridized carbons (Fsp3) is 0.381. The zero-order chi connectivity index (χ0) is 18.1. The van der Waals surface area contributed by atoms with Gasteiger partial charge in [-0.15, -0.1) is 0 Å². The molecule has 4 nitrogen and oxygen atoms in total. The number of halogens is 1. The topological polar surface area (TPSA) is 41.0 Å². The molecule has 0 amide bonds. The van der Waals surface area contributed by atoms with Gasteiger partial charge in [-0.3, -0.25) is 4.57 Å². The smallest absolute Gasteiger partial charge is 0.306 e. The second kappa shape index (κ2) is 7.08. The molecule has 1 aliphatic rings. The maximum atomic E-state index is 13.1. The van der Waals surface area contributed by atoms with Crippen molar-refractivity contribution in [2.75, 3.05) is 19.6 Å². The average molecular weight is 353 g/mol. The molecule has 0 spiro atoms. The van der Waals surface area contributed by atoms with Gasteiger partial charge in [-0.25, -0.2) is 9.18 Å². The van der Waals surface area contributed by atoms with Crippen molar-refractivity contribution in [3.8, 4) is 0 Å². The Kier molecular flexibility index (Phi) is 4.64. The first kappa shape index (κ1) is 17.0. The number of nitrogens with one attached hydrogen (secondary N) is 1. The van der Waals surface area contributed by atoms with E-state index in [4.69, 9.17) is 0 Å². The van der Waals surface area contributed by atoms with Crippen molar-refractivity contribution in [3.05, 3.63) is 70.4 Å². The highest BCUT2D eigenvalue weighted by Gasteiger charge is 2.24. The quantitative estimate of drug-likeness (QED) is 0.773. The number of imidazole rings is 1. The molecule has 1 aromatic heterocycles. The molecule has 4 rings (SSSR count). The summed E-state index contributed by atoms with van der Waals surface area (Å²) in [5, 5.41) is 0. The standard InChI is InChI=1S/C21H24FN3O/c1-15(16-6-8-17(22)9-7-16)14-24-12-10-18(11-13-24)25-20-5-3-2-4-19(20)23-21(25)26/h2-9,15,18H,10-14H2,1H3,(H,23,26). The molecule has 136 valence electrons. The first-order valence-electron chi connectivity index (χ1n) is 9.29. The number of aromatic amines is 1. The summed E-state index contributed by atoms with van der Waals surface area (Å²) in [6, 6.07) is 14.9. The third-order valence-electron chi connectivity index (χ3n) is 5.52. The summed E-state index contributed by atoms with van der Waals surface area (Å²) >= 11 is 0. The van der Waals surface area contributed by atoms with E-state index in [0.29, 0.717) is 5.92 Å². The molecular weight excluding hydrogens is 329 g/mol. The maximum absolute atomic E-state index is 13.1. The van der Waals surface area contributed by atoms with Gasteiger partial charge >= 0.3 is 5.69 Å². The van der Waals surface area contributed by atoms with Crippen molar-refractivity contribution < 1.29 is 4.39 Å². The van der Waals surface area contributed by atoms with Crippen molar-refractivity contribution in [2.45, 2.75) is 31.7 Å². The number of hydrogen-bond acceptors (Lipinski definition) is 2. The lowest BCUT2D eigenvalue weighted by Gasteiger charge is -2.34. The Bertz CT molecular complexity index is 936. The SMILES string of the molecule is CC(CN1CCC(n2c(=O)[nH]c3ccccc32)CC1)c1ccc(F)cc1. The molecule has 2 aromatic carbocycles. The Balaban J connectivity index is 1.41. The minimum Gasteiger partial charge on any atom is -0.306 e. The van der Waals surface area contributed by atoms with E-state index in [1.165, 1.54) is 17.7 Å². The number of fused-ring (bicyclic) bond motifs is 1. The normalized spacial score (nSPS) is 17.6. The molecule has 0 bridgehead atoms. The van der Waals surface area contributed by atoms with Crippen LogP contribution in [0.5, 0.6) is 0 Å². The van der Waals surface area contributed by atoms with Crippen molar-refractivity contribution in [1.82, 2.24) is 14.5 Å². The van der Waals surface area contributed by atoms with E-state index in [0.717, 1.165) is 43.5 Å². The molecule has 0 saturated carbocycles. The van der Waals surface area contributed by atoms with Crippen LogP contribution >= 0.6 is 0 Å². The maximum Gasteiger partial charge on any atom is 0.326 e. The van der Waals surface area contributed by atoms with Gasteiger partial charge in [0, 0.05) is 25.7 Å². The number of para-hydroxylation sites is 2. The predicted octanol–water partition coefficient (Wildman–Crippen LogP) is 3.91. The first-order chi connectivity index (χ1) is 12.6. The monoisotopic (exact) mass is 353 g/mol. The molecule has 1 atom stereocenters. The molecule has 26 heavy (non-hydrogen) atoms. The number of H-pyrrole nitrogens is 1. The van der Waals surface area contributed by atoms with Crippen molar-refractivity contribution >= 4 is 11.0 Å². The van der Waals surface area contributed by atoms with Gasteiger partial charge in [0.25, 0.3) is 0 Å². The molecule has 0 aliphatic carbocycles. The number of aromatic nitrogens is 2. The largest absolute Gasteiger partial charge is 0.326 e. The fourth-order valence-electron chi connectivity index (χ4n) is 4.08. The van der Waals surface area contributed by atoms with Gasteiger partial charge in [0.15, 0.2) is 0 Å². The minimum absolute atomic E-state index is 0.00988. The van der Waals surface area contributed by atoms with Gasteiger partial charge < -0.3 is 9.88 Å². The zero-order valence-corrected chi connectivity index (χ0v) is 15.0. The Morgan fingerprint density at radius 2 is 1.81 bits per heavy atom. The van der Waals surface area contributed by atoms with Crippen LogP contribution in [-0.4, -0.2) is 34.1 Å². The van der Waals surface area contributed by atoms with E-state index in [9.17, 15) is 9.18 Å². The molecule has 3 aromatic rings. The molecule has 1 unspecified atom stereocenters. The molecule has 0 radical (unpaired) electrons. The van der Waals surface area contributed by atoms with E-state index in [-0.39, 0.29) is 17.5 Å². The van der Waals surface area contributed by atoms with Gasteiger partial charge in [-0.05, 0) is 48.6 Å². The number of piperidine rings is 1. The molecule has 1 aliphatic heterocycles. The third kappa shape index (κ3) is 3.31. The average Bonchev–Trinajstić information content (AvgIpc) is 2.99. The van der Waals surface area contributed by atoms with E-state index in [2.05, 4.69) is 16.8 Å². The van der Waals surface area contributed by atoms with Crippen molar-refractivity contribution in [1.29, 1.82) is 0 Å². The van der Waals surface area contributed by atoms with Gasteiger partial charge in [0.1, 0.15) is 5.82 Å². The van der Waals surface area contributed by atoms with Gasteiger partial charge in [-0.1, -0.05) is 31.2 Å². The molecule has 1 saturated heterocycles. The van der Waals surface area contributed by atoms with Crippen LogP contribution in [0, 0.1) is 5.82 Å². The van der Waals surface area contributed by atoms with Crippen LogP contribution in [0.2, 0.25) is 0 Å². The summed E-state index contributed by atoms with van der Waals surface area (Å²) in [5.74, 6) is 0.175. The van der Waals surface area contributed by atoms with Crippen LogP contribution in [-0.2, 0) is 0 Å². The van der Waals surface area contributed by atoms with E-state index in [1.807, 2.05) is 41.0 Å². The molecule has 1 fully saturated rings. The Morgan fingerprint density at radius 3 is 2.54 bits per heavy atom. The summed E-state index contributed by atoms with van der Waals surface area (Å²) in [7, 11) is 0. The lowest BCUT2D eigenvalue weighted by Crippen LogP contribution is -2.38.